The summed E-state index contributed by atoms with van der Waals surface area (Å²) in [5.74, 6) is 0.628. The van der Waals surface area contributed by atoms with Crippen molar-refractivity contribution < 1.29 is 4.74 Å². The highest BCUT2D eigenvalue weighted by molar-refractivity contribution is 7.16. The van der Waals surface area contributed by atoms with Gasteiger partial charge in [0.05, 0.1) is 18.0 Å². The van der Waals surface area contributed by atoms with Crippen molar-refractivity contribution in [2.45, 2.75) is 33.8 Å². The minimum absolute atomic E-state index is 0.567. The molecule has 2 heterocycles. The molecular formula is C11H17N3OS. The van der Waals surface area contributed by atoms with Gasteiger partial charge in [-0.3, -0.25) is 0 Å². The van der Waals surface area contributed by atoms with E-state index in [2.05, 4.69) is 23.9 Å². The number of ether oxygens (including phenoxy) is 1. The van der Waals surface area contributed by atoms with Crippen LogP contribution < -0.4 is 0 Å². The maximum Gasteiger partial charge on any atom is 0.212 e. The summed E-state index contributed by atoms with van der Waals surface area (Å²) < 4.78 is 7.09. The van der Waals surface area contributed by atoms with E-state index in [4.69, 9.17) is 4.74 Å². The number of imidazole rings is 1. The normalized spacial score (nSPS) is 11.8. The molecule has 0 radical (unpaired) electrons. The Morgan fingerprint density at radius 1 is 1.44 bits per heavy atom. The lowest BCUT2D eigenvalue weighted by molar-refractivity contribution is 0.179. The molecule has 0 unspecified atom stereocenters. The number of hydrogen-bond donors (Lipinski definition) is 0. The van der Waals surface area contributed by atoms with Gasteiger partial charge in [0.1, 0.15) is 5.01 Å². The summed E-state index contributed by atoms with van der Waals surface area (Å²) in [4.78, 5) is 5.47. The van der Waals surface area contributed by atoms with Crippen molar-refractivity contribution in [2.24, 2.45) is 5.92 Å². The summed E-state index contributed by atoms with van der Waals surface area (Å²) >= 11 is 1.67. The Morgan fingerprint density at radius 3 is 2.81 bits per heavy atom. The van der Waals surface area contributed by atoms with Gasteiger partial charge in [0.2, 0.25) is 4.96 Å². The third kappa shape index (κ3) is 2.10. The predicted molar refractivity (Wildman–Crippen MR) is 64.9 cm³/mol. The Kier molecular flexibility index (Phi) is 3.25. The van der Waals surface area contributed by atoms with Crippen molar-refractivity contribution in [1.82, 2.24) is 14.6 Å². The van der Waals surface area contributed by atoms with Gasteiger partial charge in [-0.1, -0.05) is 25.2 Å². The molecule has 0 N–H and O–H groups in total. The van der Waals surface area contributed by atoms with Crippen molar-refractivity contribution in [3.63, 3.8) is 0 Å². The molecule has 88 valence electrons. The zero-order valence-corrected chi connectivity index (χ0v) is 11.0. The van der Waals surface area contributed by atoms with Crippen LogP contribution in [0.1, 0.15) is 30.2 Å². The van der Waals surface area contributed by atoms with Crippen LogP contribution in [-0.4, -0.2) is 21.7 Å². The molecule has 0 aliphatic carbocycles. The number of aryl methyl sites for hydroxylation is 1. The molecular weight excluding hydrogens is 222 g/mol. The van der Waals surface area contributed by atoms with E-state index in [1.54, 1.807) is 18.4 Å². The molecule has 0 spiro atoms. The quantitative estimate of drug-likeness (QED) is 0.822. The summed E-state index contributed by atoms with van der Waals surface area (Å²) in [6, 6.07) is 0. The first-order chi connectivity index (χ1) is 7.61. The molecule has 16 heavy (non-hydrogen) atoms. The minimum atomic E-state index is 0.567. The largest absolute Gasteiger partial charge is 0.378 e. The van der Waals surface area contributed by atoms with Crippen molar-refractivity contribution in [2.75, 3.05) is 7.11 Å². The Labute approximate surface area is 99.3 Å². The van der Waals surface area contributed by atoms with Crippen LogP contribution in [0, 0.1) is 12.8 Å². The van der Waals surface area contributed by atoms with Crippen LogP contribution in [0.25, 0.3) is 4.96 Å². The van der Waals surface area contributed by atoms with Crippen molar-refractivity contribution in [3.05, 3.63) is 16.4 Å². The number of methoxy groups -OCH3 is 1. The van der Waals surface area contributed by atoms with E-state index < -0.39 is 0 Å². The molecule has 0 aliphatic rings. The summed E-state index contributed by atoms with van der Waals surface area (Å²) in [5.41, 5.74) is 2.07. The molecule has 0 fully saturated rings. The SMILES string of the molecule is COCc1c(C)nc2sc(CC(C)C)nn12. The Balaban J connectivity index is 2.39. The number of rotatable bonds is 4. The first kappa shape index (κ1) is 11.5. The lowest BCUT2D eigenvalue weighted by Crippen LogP contribution is -2.00. The number of hydrogen-bond acceptors (Lipinski definition) is 4. The molecule has 4 nitrogen and oxygen atoms in total. The van der Waals surface area contributed by atoms with E-state index in [-0.39, 0.29) is 0 Å². The molecule has 0 amide bonds. The molecule has 2 aromatic rings. The molecule has 2 rings (SSSR count). The first-order valence-corrected chi connectivity index (χ1v) is 6.26. The van der Waals surface area contributed by atoms with Crippen LogP contribution in [0.4, 0.5) is 0 Å². The zero-order valence-electron chi connectivity index (χ0n) is 10.1. The Bertz CT molecular complexity index is 487. The lowest BCUT2D eigenvalue weighted by Gasteiger charge is -1.99. The van der Waals surface area contributed by atoms with Gasteiger partial charge in [0.15, 0.2) is 0 Å². The van der Waals surface area contributed by atoms with Crippen molar-refractivity contribution >= 4 is 16.3 Å². The molecule has 0 bridgehead atoms. The average molecular weight is 239 g/mol. The highest BCUT2D eigenvalue weighted by Gasteiger charge is 2.13. The van der Waals surface area contributed by atoms with Crippen LogP contribution in [0.3, 0.4) is 0 Å². The third-order valence-electron chi connectivity index (χ3n) is 2.40. The maximum atomic E-state index is 5.17. The number of fused-ring (bicyclic) bond motifs is 1. The summed E-state index contributed by atoms with van der Waals surface area (Å²) in [6.07, 6.45) is 1.01. The van der Waals surface area contributed by atoms with E-state index in [0.717, 1.165) is 27.8 Å². The fourth-order valence-corrected chi connectivity index (χ4v) is 2.83. The fourth-order valence-electron chi connectivity index (χ4n) is 1.66. The Hall–Kier alpha value is -0.940. The average Bonchev–Trinajstić information content (AvgIpc) is 2.66. The van der Waals surface area contributed by atoms with Gasteiger partial charge in [-0.05, 0) is 12.8 Å². The van der Waals surface area contributed by atoms with Crippen LogP contribution in [-0.2, 0) is 17.8 Å². The fraction of sp³-hybridized carbons (Fsp3) is 0.636. The van der Waals surface area contributed by atoms with E-state index >= 15 is 0 Å². The van der Waals surface area contributed by atoms with E-state index in [9.17, 15) is 0 Å². The highest BCUT2D eigenvalue weighted by atomic mass is 32.1. The first-order valence-electron chi connectivity index (χ1n) is 5.44. The van der Waals surface area contributed by atoms with Crippen LogP contribution in [0.15, 0.2) is 0 Å². The van der Waals surface area contributed by atoms with Gasteiger partial charge in [0, 0.05) is 13.5 Å². The van der Waals surface area contributed by atoms with E-state index in [1.165, 1.54) is 0 Å². The van der Waals surface area contributed by atoms with Gasteiger partial charge >= 0.3 is 0 Å². The van der Waals surface area contributed by atoms with Crippen LogP contribution >= 0.6 is 11.3 Å². The summed E-state index contributed by atoms with van der Waals surface area (Å²) in [6.45, 7) is 6.96. The van der Waals surface area contributed by atoms with Crippen LogP contribution in [0.2, 0.25) is 0 Å². The molecule has 0 aliphatic heterocycles. The summed E-state index contributed by atoms with van der Waals surface area (Å²) in [7, 11) is 1.69. The second kappa shape index (κ2) is 4.51. The van der Waals surface area contributed by atoms with Crippen LogP contribution in [0.5, 0.6) is 0 Å². The topological polar surface area (TPSA) is 39.4 Å². The molecule has 0 saturated heterocycles. The van der Waals surface area contributed by atoms with Gasteiger partial charge in [-0.2, -0.15) is 5.10 Å². The Morgan fingerprint density at radius 2 is 2.19 bits per heavy atom. The van der Waals surface area contributed by atoms with Gasteiger partial charge in [-0.25, -0.2) is 9.50 Å². The molecule has 5 heteroatoms. The van der Waals surface area contributed by atoms with Gasteiger partial charge in [-0.15, -0.1) is 0 Å². The standard InChI is InChI=1S/C11H17N3OS/c1-7(2)5-10-13-14-9(6-15-4)8(3)12-11(14)16-10/h7H,5-6H2,1-4H3. The molecule has 0 saturated carbocycles. The van der Waals surface area contributed by atoms with E-state index in [0.29, 0.717) is 12.5 Å². The smallest absolute Gasteiger partial charge is 0.212 e. The van der Waals surface area contributed by atoms with E-state index in [1.807, 2.05) is 11.4 Å². The highest BCUT2D eigenvalue weighted by Crippen LogP contribution is 2.20. The van der Waals surface area contributed by atoms with Crippen molar-refractivity contribution in [1.29, 1.82) is 0 Å². The molecule has 2 aromatic heterocycles. The second-order valence-corrected chi connectivity index (χ2v) is 5.41. The summed E-state index contributed by atoms with van der Waals surface area (Å²) in [5, 5.41) is 5.73. The second-order valence-electron chi connectivity index (χ2n) is 4.37. The molecule has 0 atom stereocenters. The monoisotopic (exact) mass is 239 g/mol. The number of aromatic nitrogens is 3. The third-order valence-corrected chi connectivity index (χ3v) is 3.33. The lowest BCUT2D eigenvalue weighted by atomic mass is 10.1. The van der Waals surface area contributed by atoms with Gasteiger partial charge in [0.25, 0.3) is 0 Å². The minimum Gasteiger partial charge on any atom is -0.378 e. The predicted octanol–water partition coefficient (Wildman–Crippen LogP) is 2.44. The molecule has 0 aromatic carbocycles. The van der Waals surface area contributed by atoms with Crippen molar-refractivity contribution in [3.8, 4) is 0 Å². The van der Waals surface area contributed by atoms with Gasteiger partial charge < -0.3 is 4.74 Å². The zero-order chi connectivity index (χ0) is 11.7. The maximum absolute atomic E-state index is 5.17. The number of nitrogens with zero attached hydrogens (tertiary/aromatic N) is 3.